The van der Waals surface area contributed by atoms with Crippen LogP contribution in [0.5, 0.6) is 11.5 Å². The van der Waals surface area contributed by atoms with Crippen LogP contribution in [-0.2, 0) is 6.54 Å². The summed E-state index contributed by atoms with van der Waals surface area (Å²) >= 11 is 1.62. The van der Waals surface area contributed by atoms with Crippen LogP contribution < -0.4 is 20.1 Å². The minimum atomic E-state index is 0. The van der Waals surface area contributed by atoms with E-state index in [4.69, 9.17) is 14.5 Å². The molecule has 0 unspecified atom stereocenters. The van der Waals surface area contributed by atoms with Crippen molar-refractivity contribution in [2.24, 2.45) is 4.99 Å². The second-order valence-electron chi connectivity index (χ2n) is 6.52. The molecular weight excluding hydrogens is 511 g/mol. The van der Waals surface area contributed by atoms with Crippen LogP contribution in [0.15, 0.2) is 58.9 Å². The number of nitrogens with one attached hydrogen (secondary N) is 2. The van der Waals surface area contributed by atoms with Gasteiger partial charge in [-0.25, -0.2) is 9.98 Å². The number of anilines is 1. The number of nitrogens with zero attached hydrogens (tertiary/aromatic N) is 2. The normalized spacial score (nSPS) is 13.2. The Morgan fingerprint density at radius 1 is 1.10 bits per heavy atom. The number of aliphatic imine (C=N–C) groups is 1. The summed E-state index contributed by atoms with van der Waals surface area (Å²) in [6, 6.07) is 16.0. The van der Waals surface area contributed by atoms with Crippen molar-refractivity contribution in [1.29, 1.82) is 0 Å². The third kappa shape index (κ3) is 5.85. The minimum Gasteiger partial charge on any atom is -0.490 e. The highest BCUT2D eigenvalue weighted by molar-refractivity contribution is 14.0. The van der Waals surface area contributed by atoms with E-state index in [0.29, 0.717) is 25.7 Å². The fourth-order valence-corrected chi connectivity index (χ4v) is 3.68. The molecule has 4 rings (SSSR count). The molecule has 0 saturated heterocycles. The maximum absolute atomic E-state index is 5.77. The molecule has 0 radical (unpaired) electrons. The smallest absolute Gasteiger partial charge is 0.196 e. The highest BCUT2D eigenvalue weighted by Crippen LogP contribution is 2.32. The number of hydrogen-bond donors (Lipinski definition) is 2. The van der Waals surface area contributed by atoms with Crippen LogP contribution in [0.1, 0.15) is 18.4 Å². The van der Waals surface area contributed by atoms with Gasteiger partial charge in [-0.15, -0.1) is 35.3 Å². The van der Waals surface area contributed by atoms with Crippen molar-refractivity contribution >= 4 is 47.0 Å². The number of thiazole rings is 1. The molecule has 158 valence electrons. The van der Waals surface area contributed by atoms with Gasteiger partial charge in [-0.3, -0.25) is 0 Å². The maximum atomic E-state index is 5.77. The molecule has 2 heterocycles. The number of ether oxygens (including phenoxy) is 2. The van der Waals surface area contributed by atoms with Crippen molar-refractivity contribution in [2.75, 3.05) is 25.1 Å². The molecular formula is C22H25IN4O2S. The first-order chi connectivity index (χ1) is 14.3. The van der Waals surface area contributed by atoms with Gasteiger partial charge in [0, 0.05) is 35.7 Å². The van der Waals surface area contributed by atoms with Crippen molar-refractivity contribution in [2.45, 2.75) is 19.9 Å². The molecule has 1 aliphatic rings. The number of hydrogen-bond acceptors (Lipinski definition) is 5. The Hall–Kier alpha value is -2.33. The van der Waals surface area contributed by atoms with Gasteiger partial charge < -0.3 is 20.1 Å². The Balaban J connectivity index is 0.00000256. The molecule has 0 spiro atoms. The third-order valence-corrected chi connectivity index (χ3v) is 5.18. The lowest BCUT2D eigenvalue weighted by atomic mass is 10.2. The van der Waals surface area contributed by atoms with Crippen molar-refractivity contribution in [3.63, 3.8) is 0 Å². The molecule has 3 aromatic rings. The molecule has 1 aliphatic heterocycles. The molecule has 0 fully saturated rings. The fourth-order valence-electron chi connectivity index (χ4n) is 2.96. The monoisotopic (exact) mass is 536 g/mol. The number of guanidine groups is 1. The molecule has 2 N–H and O–H groups in total. The third-order valence-electron chi connectivity index (χ3n) is 4.35. The van der Waals surface area contributed by atoms with Gasteiger partial charge in [-0.05, 0) is 19.1 Å². The molecule has 0 aliphatic carbocycles. The van der Waals surface area contributed by atoms with Crippen LogP contribution in [0, 0.1) is 0 Å². The van der Waals surface area contributed by atoms with E-state index in [0.717, 1.165) is 46.4 Å². The Morgan fingerprint density at radius 2 is 1.90 bits per heavy atom. The molecule has 0 bridgehead atoms. The Kier molecular flexibility index (Phi) is 8.32. The summed E-state index contributed by atoms with van der Waals surface area (Å²) in [6.07, 6.45) is 0.889. The van der Waals surface area contributed by atoms with Crippen LogP contribution >= 0.6 is 35.3 Å². The summed E-state index contributed by atoms with van der Waals surface area (Å²) in [5.41, 5.74) is 3.01. The van der Waals surface area contributed by atoms with Crippen LogP contribution in [0.3, 0.4) is 0 Å². The lowest BCUT2D eigenvalue weighted by Crippen LogP contribution is -2.30. The predicted molar refractivity (Wildman–Crippen MR) is 133 cm³/mol. The predicted octanol–water partition coefficient (Wildman–Crippen LogP) is 5.17. The quantitative estimate of drug-likeness (QED) is 0.268. The molecule has 0 atom stereocenters. The van der Waals surface area contributed by atoms with Gasteiger partial charge in [0.1, 0.15) is 5.01 Å². The maximum Gasteiger partial charge on any atom is 0.196 e. The molecule has 2 aromatic carbocycles. The average Bonchev–Trinajstić information content (AvgIpc) is 3.11. The van der Waals surface area contributed by atoms with Gasteiger partial charge in [-0.2, -0.15) is 0 Å². The first-order valence-electron chi connectivity index (χ1n) is 9.76. The van der Waals surface area contributed by atoms with Crippen LogP contribution in [0.25, 0.3) is 11.3 Å². The summed E-state index contributed by atoms with van der Waals surface area (Å²) in [4.78, 5) is 9.39. The van der Waals surface area contributed by atoms with E-state index in [1.807, 2.05) is 43.3 Å². The molecule has 1 aromatic heterocycles. The van der Waals surface area contributed by atoms with Crippen molar-refractivity contribution in [1.82, 2.24) is 10.3 Å². The Bertz CT molecular complexity index is 978. The summed E-state index contributed by atoms with van der Waals surface area (Å²) in [7, 11) is 0. The van der Waals surface area contributed by atoms with E-state index in [1.165, 1.54) is 0 Å². The summed E-state index contributed by atoms with van der Waals surface area (Å²) in [5, 5.41) is 9.66. The topological polar surface area (TPSA) is 67.8 Å². The zero-order valence-electron chi connectivity index (χ0n) is 16.8. The van der Waals surface area contributed by atoms with E-state index >= 15 is 0 Å². The van der Waals surface area contributed by atoms with Crippen molar-refractivity contribution in [3.05, 3.63) is 58.9 Å². The number of benzene rings is 2. The summed E-state index contributed by atoms with van der Waals surface area (Å²) in [6.45, 7) is 4.67. The van der Waals surface area contributed by atoms with Crippen molar-refractivity contribution in [3.8, 4) is 22.8 Å². The van der Waals surface area contributed by atoms with E-state index < -0.39 is 0 Å². The highest BCUT2D eigenvalue weighted by atomic mass is 127. The van der Waals surface area contributed by atoms with E-state index in [-0.39, 0.29) is 24.0 Å². The van der Waals surface area contributed by atoms with Crippen molar-refractivity contribution < 1.29 is 9.47 Å². The van der Waals surface area contributed by atoms with Crippen LogP contribution in [-0.4, -0.2) is 30.7 Å². The average molecular weight is 536 g/mol. The second kappa shape index (κ2) is 11.2. The van der Waals surface area contributed by atoms with Crippen LogP contribution in [0.4, 0.5) is 5.69 Å². The molecule has 6 nitrogen and oxygen atoms in total. The number of fused-ring (bicyclic) bond motifs is 1. The molecule has 0 amide bonds. The van der Waals surface area contributed by atoms with E-state index in [9.17, 15) is 0 Å². The zero-order valence-corrected chi connectivity index (χ0v) is 19.9. The lowest BCUT2D eigenvalue weighted by molar-refractivity contribution is 0.297. The van der Waals surface area contributed by atoms with Gasteiger partial charge in [0.05, 0.1) is 25.5 Å². The zero-order chi connectivity index (χ0) is 19.9. The van der Waals surface area contributed by atoms with Gasteiger partial charge in [-0.1, -0.05) is 30.3 Å². The SMILES string of the molecule is CCNC(=NCc1nc(-c2ccccc2)cs1)Nc1ccc2c(c1)OCCCO2.I. The summed E-state index contributed by atoms with van der Waals surface area (Å²) in [5.74, 6) is 2.25. The van der Waals surface area contributed by atoms with Gasteiger partial charge >= 0.3 is 0 Å². The fraction of sp³-hybridized carbons (Fsp3) is 0.273. The Morgan fingerprint density at radius 3 is 2.70 bits per heavy atom. The number of aromatic nitrogens is 1. The number of halogens is 1. The van der Waals surface area contributed by atoms with Gasteiger partial charge in [0.15, 0.2) is 17.5 Å². The second-order valence-corrected chi connectivity index (χ2v) is 7.47. The van der Waals surface area contributed by atoms with E-state index in [1.54, 1.807) is 11.3 Å². The van der Waals surface area contributed by atoms with Gasteiger partial charge in [0.2, 0.25) is 0 Å². The highest BCUT2D eigenvalue weighted by Gasteiger charge is 2.11. The summed E-state index contributed by atoms with van der Waals surface area (Å²) < 4.78 is 11.5. The lowest BCUT2D eigenvalue weighted by Gasteiger charge is -2.13. The molecule has 30 heavy (non-hydrogen) atoms. The molecule has 0 saturated carbocycles. The standard InChI is InChI=1S/C22H24N4O2S.HI/c1-2-23-22(25-17-9-10-19-20(13-17)28-12-6-11-27-19)24-14-21-26-18(15-29-21)16-7-4-3-5-8-16;/h3-5,7-10,13,15H,2,6,11-12,14H2,1H3,(H2,23,24,25);1H. The van der Waals surface area contributed by atoms with Gasteiger partial charge in [0.25, 0.3) is 0 Å². The minimum absolute atomic E-state index is 0. The number of rotatable bonds is 5. The van der Waals surface area contributed by atoms with E-state index in [2.05, 4.69) is 33.1 Å². The molecule has 8 heteroatoms. The first-order valence-corrected chi connectivity index (χ1v) is 10.6. The largest absolute Gasteiger partial charge is 0.490 e. The van der Waals surface area contributed by atoms with Crippen LogP contribution in [0.2, 0.25) is 0 Å². The first kappa shape index (κ1) is 22.4. The Labute approximate surface area is 197 Å².